The second-order valence-corrected chi connectivity index (χ2v) is 8.39. The van der Waals surface area contributed by atoms with Crippen LogP contribution in [0.15, 0.2) is 22.8 Å². The van der Waals surface area contributed by atoms with E-state index in [-0.39, 0.29) is 11.7 Å². The van der Waals surface area contributed by atoms with E-state index in [2.05, 4.69) is 40.7 Å². The van der Waals surface area contributed by atoms with Crippen LogP contribution in [0.2, 0.25) is 0 Å². The Morgan fingerprint density at radius 1 is 1.36 bits per heavy atom. The van der Waals surface area contributed by atoms with Crippen LogP contribution in [-0.4, -0.2) is 22.9 Å². The van der Waals surface area contributed by atoms with Crippen LogP contribution in [-0.2, 0) is 4.74 Å². The fourth-order valence-electron chi connectivity index (χ4n) is 4.67. The van der Waals surface area contributed by atoms with Crippen molar-refractivity contribution in [2.75, 3.05) is 0 Å². The number of aliphatic hydroxyl groups excluding tert-OH is 1. The van der Waals surface area contributed by atoms with Gasteiger partial charge in [-0.1, -0.05) is 29.7 Å². The molecule has 0 amide bonds. The van der Waals surface area contributed by atoms with Crippen molar-refractivity contribution in [3.8, 4) is 0 Å². The highest BCUT2D eigenvalue weighted by Gasteiger charge is 2.47. The standard InChI is InChI=1S/C20H32O2/c1-12-6-10-16(13(2)8-11-17-20(4,5)22-17)19(21)18-14(3)7-9-15(12)18/h7,13,16-19,21H,6,8-11H2,1-5H3/t13-,16+,17-,18-,19-/m1/s1. The second-order valence-electron chi connectivity index (χ2n) is 8.39. The highest BCUT2D eigenvalue weighted by atomic mass is 16.6. The Balaban J connectivity index is 1.65. The Hall–Kier alpha value is -0.600. The number of allylic oxidation sites excluding steroid dienone is 2. The average molecular weight is 304 g/mol. The maximum Gasteiger partial charge on any atom is 0.0892 e. The van der Waals surface area contributed by atoms with E-state index in [1.165, 1.54) is 23.1 Å². The molecule has 0 unspecified atom stereocenters. The molecule has 1 heterocycles. The predicted octanol–water partition coefficient (Wildman–Crippen LogP) is 4.63. The van der Waals surface area contributed by atoms with Crippen molar-refractivity contribution in [2.24, 2.45) is 17.8 Å². The number of fused-ring (bicyclic) bond motifs is 1. The molecule has 1 saturated heterocycles. The Morgan fingerprint density at radius 3 is 2.68 bits per heavy atom. The zero-order valence-corrected chi connectivity index (χ0v) is 14.9. The summed E-state index contributed by atoms with van der Waals surface area (Å²) in [6.45, 7) is 11.2. The third kappa shape index (κ3) is 2.92. The monoisotopic (exact) mass is 304 g/mol. The molecule has 3 rings (SSSR count). The smallest absolute Gasteiger partial charge is 0.0892 e. The summed E-state index contributed by atoms with van der Waals surface area (Å²) in [5.74, 6) is 1.28. The van der Waals surface area contributed by atoms with Crippen LogP contribution in [0.25, 0.3) is 0 Å². The van der Waals surface area contributed by atoms with E-state index in [0.717, 1.165) is 25.7 Å². The Kier molecular flexibility index (Phi) is 4.28. The third-order valence-electron chi connectivity index (χ3n) is 6.47. The van der Waals surface area contributed by atoms with Crippen molar-refractivity contribution in [2.45, 2.75) is 84.5 Å². The summed E-state index contributed by atoms with van der Waals surface area (Å²) in [5, 5.41) is 11.1. The van der Waals surface area contributed by atoms with Gasteiger partial charge in [0.25, 0.3) is 0 Å². The summed E-state index contributed by atoms with van der Waals surface area (Å²) in [7, 11) is 0. The van der Waals surface area contributed by atoms with Crippen LogP contribution in [0.4, 0.5) is 0 Å². The van der Waals surface area contributed by atoms with Crippen molar-refractivity contribution in [1.82, 2.24) is 0 Å². The van der Waals surface area contributed by atoms with Gasteiger partial charge >= 0.3 is 0 Å². The van der Waals surface area contributed by atoms with Gasteiger partial charge in [0.1, 0.15) is 0 Å². The second kappa shape index (κ2) is 5.79. The lowest BCUT2D eigenvalue weighted by Gasteiger charge is -2.32. The van der Waals surface area contributed by atoms with Gasteiger partial charge in [-0.3, -0.25) is 0 Å². The Morgan fingerprint density at radius 2 is 2.05 bits per heavy atom. The third-order valence-corrected chi connectivity index (χ3v) is 6.47. The first-order valence-electron chi connectivity index (χ1n) is 9.02. The van der Waals surface area contributed by atoms with Crippen molar-refractivity contribution < 1.29 is 9.84 Å². The summed E-state index contributed by atoms with van der Waals surface area (Å²) < 4.78 is 5.72. The summed E-state index contributed by atoms with van der Waals surface area (Å²) in [4.78, 5) is 0. The van der Waals surface area contributed by atoms with Crippen LogP contribution in [0.5, 0.6) is 0 Å². The molecule has 2 aliphatic carbocycles. The largest absolute Gasteiger partial charge is 0.392 e. The first-order valence-corrected chi connectivity index (χ1v) is 9.02. The van der Waals surface area contributed by atoms with Gasteiger partial charge in [-0.2, -0.15) is 0 Å². The number of aliphatic hydroxyl groups is 1. The zero-order valence-electron chi connectivity index (χ0n) is 14.9. The number of rotatable bonds is 4. The van der Waals surface area contributed by atoms with Crippen molar-refractivity contribution in [1.29, 1.82) is 0 Å². The molecule has 5 atom stereocenters. The van der Waals surface area contributed by atoms with Crippen LogP contribution in [0, 0.1) is 17.8 Å². The van der Waals surface area contributed by atoms with Gasteiger partial charge in [0.05, 0.1) is 17.8 Å². The Labute approximate surface area is 135 Å². The lowest BCUT2D eigenvalue weighted by atomic mass is 9.77. The normalized spacial score (nSPS) is 38.4. The number of ether oxygens (including phenoxy) is 1. The number of hydrogen-bond donors (Lipinski definition) is 1. The molecule has 1 N–H and O–H groups in total. The highest BCUT2D eigenvalue weighted by molar-refractivity contribution is 5.35. The van der Waals surface area contributed by atoms with Crippen LogP contribution in [0.1, 0.15) is 66.7 Å². The predicted molar refractivity (Wildman–Crippen MR) is 90.6 cm³/mol. The van der Waals surface area contributed by atoms with Crippen molar-refractivity contribution in [3.63, 3.8) is 0 Å². The lowest BCUT2D eigenvalue weighted by molar-refractivity contribution is 0.0465. The van der Waals surface area contributed by atoms with Crippen molar-refractivity contribution in [3.05, 3.63) is 22.8 Å². The van der Waals surface area contributed by atoms with Gasteiger partial charge < -0.3 is 9.84 Å². The number of hydrogen-bond acceptors (Lipinski definition) is 2. The average Bonchev–Trinajstić information content (AvgIpc) is 2.91. The molecule has 3 aliphatic rings. The van der Waals surface area contributed by atoms with Crippen molar-refractivity contribution >= 4 is 0 Å². The first kappa shape index (κ1) is 16.3. The number of epoxide rings is 1. The van der Waals surface area contributed by atoms with Gasteiger partial charge in [-0.15, -0.1) is 0 Å². The molecule has 0 aromatic rings. The topological polar surface area (TPSA) is 32.8 Å². The molecule has 2 heteroatoms. The van der Waals surface area contributed by atoms with E-state index in [4.69, 9.17) is 4.74 Å². The molecule has 0 radical (unpaired) electrons. The SMILES string of the molecule is CC1=CCC2=C(C)CC[C@@H]([C@H](C)CC[C@H]3OC3(C)C)[C@@H](O)[C@H]12. The highest BCUT2D eigenvalue weighted by Crippen LogP contribution is 2.46. The van der Waals surface area contributed by atoms with E-state index in [1.807, 2.05) is 0 Å². The summed E-state index contributed by atoms with van der Waals surface area (Å²) in [6, 6.07) is 0. The van der Waals surface area contributed by atoms with Crippen LogP contribution < -0.4 is 0 Å². The molecule has 0 spiro atoms. The zero-order chi connectivity index (χ0) is 16.1. The van der Waals surface area contributed by atoms with E-state index < -0.39 is 0 Å². The molecule has 0 saturated carbocycles. The molecule has 0 bridgehead atoms. The molecule has 1 fully saturated rings. The fourth-order valence-corrected chi connectivity index (χ4v) is 4.67. The van der Waals surface area contributed by atoms with E-state index in [1.54, 1.807) is 0 Å². The fraction of sp³-hybridized carbons (Fsp3) is 0.800. The molecule has 0 aromatic carbocycles. The van der Waals surface area contributed by atoms with E-state index >= 15 is 0 Å². The van der Waals surface area contributed by atoms with Gasteiger partial charge in [0.15, 0.2) is 0 Å². The minimum absolute atomic E-state index is 0.0951. The van der Waals surface area contributed by atoms with Gasteiger partial charge in [-0.05, 0) is 71.6 Å². The lowest BCUT2D eigenvalue weighted by Crippen LogP contribution is -2.33. The molecular formula is C20H32O2. The quantitative estimate of drug-likeness (QED) is 0.606. The maximum absolute atomic E-state index is 11.1. The van der Waals surface area contributed by atoms with Crippen LogP contribution >= 0.6 is 0 Å². The molecule has 124 valence electrons. The Bertz CT molecular complexity index is 500. The molecular weight excluding hydrogens is 272 g/mol. The minimum atomic E-state index is -0.200. The van der Waals surface area contributed by atoms with Crippen LogP contribution in [0.3, 0.4) is 0 Å². The molecule has 22 heavy (non-hydrogen) atoms. The summed E-state index contributed by atoms with van der Waals surface area (Å²) >= 11 is 0. The van der Waals surface area contributed by atoms with E-state index in [9.17, 15) is 5.11 Å². The van der Waals surface area contributed by atoms with Gasteiger partial charge in [-0.25, -0.2) is 0 Å². The van der Waals surface area contributed by atoms with Gasteiger partial charge in [0, 0.05) is 5.92 Å². The van der Waals surface area contributed by atoms with E-state index in [0.29, 0.717) is 23.9 Å². The molecule has 1 aliphatic heterocycles. The molecule has 2 nitrogen and oxygen atoms in total. The molecule has 0 aromatic heterocycles. The maximum atomic E-state index is 11.1. The first-order chi connectivity index (χ1) is 10.3. The summed E-state index contributed by atoms with van der Waals surface area (Å²) in [5.41, 5.74) is 4.51. The van der Waals surface area contributed by atoms with Gasteiger partial charge in [0.2, 0.25) is 0 Å². The minimum Gasteiger partial charge on any atom is -0.392 e. The summed E-state index contributed by atoms with van der Waals surface area (Å²) in [6.07, 6.45) is 8.21.